The van der Waals surface area contributed by atoms with E-state index in [2.05, 4.69) is 243 Å². The van der Waals surface area contributed by atoms with Gasteiger partial charge in [-0.1, -0.05) is 173 Å². The Balaban J connectivity index is 1.43. The van der Waals surface area contributed by atoms with Gasteiger partial charge in [-0.2, -0.15) is 0 Å². The monoisotopic (exact) mass is 855 g/mol. The highest BCUT2D eigenvalue weighted by molar-refractivity contribution is 6.07. The minimum Gasteiger partial charge on any atom is -0.342 e. The van der Waals surface area contributed by atoms with Crippen LogP contribution in [0.5, 0.6) is 0 Å². The molecule has 5 aromatic rings. The van der Waals surface area contributed by atoms with Crippen molar-refractivity contribution in [2.24, 2.45) is 0 Å². The molecule has 330 valence electrons. The molecule has 3 aromatic carbocycles. The van der Waals surface area contributed by atoms with Gasteiger partial charge in [0.1, 0.15) is 0 Å². The van der Waals surface area contributed by atoms with Crippen molar-refractivity contribution in [1.29, 1.82) is 0 Å². The van der Waals surface area contributed by atoms with E-state index in [1.54, 1.807) is 0 Å². The Morgan fingerprint density at radius 3 is 2.43 bits per heavy atom. The van der Waals surface area contributed by atoms with Gasteiger partial charge in [-0.05, 0) is 101 Å². The summed E-state index contributed by atoms with van der Waals surface area (Å²) in [5.74, 6) is 0. The van der Waals surface area contributed by atoms with Crippen molar-refractivity contribution in [2.75, 3.05) is 16.3 Å². The summed E-state index contributed by atoms with van der Waals surface area (Å²) in [5, 5.41) is 2.47. The third-order valence-electron chi connectivity index (χ3n) is 12.1. The summed E-state index contributed by atoms with van der Waals surface area (Å²) in [5.41, 5.74) is 15.8. The van der Waals surface area contributed by atoms with Gasteiger partial charge in [0.2, 0.25) is 0 Å². The van der Waals surface area contributed by atoms with Crippen LogP contribution < -0.4 is 9.80 Å². The van der Waals surface area contributed by atoms with Crippen molar-refractivity contribution in [3.63, 3.8) is 0 Å². The van der Waals surface area contributed by atoms with E-state index >= 15 is 0 Å². The third-order valence-corrected chi connectivity index (χ3v) is 12.1. The van der Waals surface area contributed by atoms with Gasteiger partial charge in [0.25, 0.3) is 0 Å². The van der Waals surface area contributed by atoms with E-state index in [1.807, 2.05) is 19.1 Å². The number of para-hydroxylation sites is 2. The number of fused-ring (bicyclic) bond motifs is 7. The number of benzene rings is 3. The Kier molecular flexibility index (Phi) is 15.9. The predicted octanol–water partition coefficient (Wildman–Crippen LogP) is 16.8. The van der Waals surface area contributed by atoms with E-state index in [1.165, 1.54) is 61.1 Å². The molecule has 0 radical (unpaired) electrons. The zero-order chi connectivity index (χ0) is 45.5. The molecule has 0 bridgehead atoms. The Morgan fingerprint density at radius 2 is 1.63 bits per heavy atom. The van der Waals surface area contributed by atoms with Crippen LogP contribution in [0.4, 0.5) is 11.4 Å². The minimum atomic E-state index is 0.677. The Labute approximate surface area is 389 Å². The van der Waals surface area contributed by atoms with E-state index in [0.29, 0.717) is 6.54 Å². The molecule has 0 spiro atoms. The molecule has 4 heterocycles. The van der Waals surface area contributed by atoms with Gasteiger partial charge in [0.05, 0.1) is 29.0 Å². The smallest absolute Gasteiger partial charge is 0.0777 e. The minimum absolute atomic E-state index is 0.677. The van der Waals surface area contributed by atoms with Crippen LogP contribution in [0.2, 0.25) is 0 Å². The molecule has 0 amide bonds. The molecule has 0 saturated heterocycles. The summed E-state index contributed by atoms with van der Waals surface area (Å²) in [6, 6.07) is 22.4. The van der Waals surface area contributed by atoms with Gasteiger partial charge in [0, 0.05) is 69.2 Å². The fourth-order valence-corrected chi connectivity index (χ4v) is 8.96. The Bertz CT molecular complexity index is 2880. The Morgan fingerprint density at radius 1 is 0.785 bits per heavy atom. The molecular weight excluding hydrogens is 789 g/mol. The standard InChI is InChI=1S/C61H66N4/c1-8-14-18-20-21-27-43-62-44-49(32-22-19-15-9-2)53-41-42-54-50(30-16-10-3)45-63(61(54)60(53)62)47(7)39-40-52(34-17-11-4)64-46-59-56(36-28-33-48-31-23-25-37-57(48)64)55-35-24-26-38-58(55)65(59)51(13-6)29-12-5/h8,10,12-14,16-20,22-32,34-43,45H,3,9,11,15,21,33,44,46H2,1-2,4-7H3/b14-8-,20-18-,22-19-,29-12-,30-16-,34-17+,36-28-,43-27+,47-39+,49-32+,51-13+,52-40+. The van der Waals surface area contributed by atoms with Crippen molar-refractivity contribution in [1.82, 2.24) is 9.13 Å². The van der Waals surface area contributed by atoms with Crippen molar-refractivity contribution in [3.8, 4) is 0 Å². The quantitative estimate of drug-likeness (QED) is 0.0920. The maximum absolute atomic E-state index is 4.01. The van der Waals surface area contributed by atoms with Crippen LogP contribution in [0.3, 0.4) is 0 Å². The van der Waals surface area contributed by atoms with Crippen LogP contribution in [-0.2, 0) is 13.0 Å². The first-order valence-electron chi connectivity index (χ1n) is 23.5. The van der Waals surface area contributed by atoms with Crippen molar-refractivity contribution < 1.29 is 0 Å². The van der Waals surface area contributed by atoms with Crippen LogP contribution in [0.1, 0.15) is 95.2 Å². The van der Waals surface area contributed by atoms with E-state index in [9.17, 15) is 0 Å². The molecular formula is C61H66N4. The zero-order valence-corrected chi connectivity index (χ0v) is 39.4. The number of hydrogen-bond acceptors (Lipinski definition) is 2. The highest BCUT2D eigenvalue weighted by atomic mass is 15.2. The molecule has 2 aromatic heterocycles. The average Bonchev–Trinajstić information content (AvgIpc) is 3.99. The summed E-state index contributed by atoms with van der Waals surface area (Å²) in [7, 11) is 0. The number of rotatable bonds is 16. The summed E-state index contributed by atoms with van der Waals surface area (Å²) < 4.78 is 4.86. The van der Waals surface area contributed by atoms with Crippen LogP contribution in [0.25, 0.3) is 50.9 Å². The first-order chi connectivity index (χ1) is 32.0. The summed E-state index contributed by atoms with van der Waals surface area (Å²) >= 11 is 0. The van der Waals surface area contributed by atoms with E-state index in [-0.39, 0.29) is 0 Å². The molecule has 0 fully saturated rings. The van der Waals surface area contributed by atoms with Gasteiger partial charge in [-0.3, -0.25) is 0 Å². The number of hydrogen-bond donors (Lipinski definition) is 0. The highest BCUT2D eigenvalue weighted by Crippen LogP contribution is 2.44. The van der Waals surface area contributed by atoms with E-state index in [4.69, 9.17) is 0 Å². The topological polar surface area (TPSA) is 16.3 Å². The summed E-state index contributed by atoms with van der Waals surface area (Å²) in [4.78, 5) is 4.97. The second-order valence-electron chi connectivity index (χ2n) is 16.5. The number of allylic oxidation sites excluding steroid dienone is 20. The lowest BCUT2D eigenvalue weighted by Crippen LogP contribution is -2.24. The second kappa shape index (κ2) is 22.5. The van der Waals surface area contributed by atoms with Crippen molar-refractivity contribution in [3.05, 3.63) is 223 Å². The molecule has 4 heteroatoms. The van der Waals surface area contributed by atoms with Crippen LogP contribution in [0, 0.1) is 0 Å². The van der Waals surface area contributed by atoms with Gasteiger partial charge in [-0.15, -0.1) is 0 Å². The number of unbranched alkanes of at least 4 members (excludes halogenated alkanes) is 1. The van der Waals surface area contributed by atoms with Gasteiger partial charge < -0.3 is 18.9 Å². The molecule has 0 saturated carbocycles. The first-order valence-corrected chi connectivity index (χ1v) is 23.5. The summed E-state index contributed by atoms with van der Waals surface area (Å²) in [6.07, 6.45) is 53.5. The van der Waals surface area contributed by atoms with Gasteiger partial charge in [0.15, 0.2) is 0 Å². The molecule has 65 heavy (non-hydrogen) atoms. The number of anilines is 2. The fourth-order valence-electron chi connectivity index (χ4n) is 8.96. The highest BCUT2D eigenvalue weighted by Gasteiger charge is 2.28. The van der Waals surface area contributed by atoms with Crippen molar-refractivity contribution in [2.45, 2.75) is 80.2 Å². The first kappa shape index (κ1) is 46.0. The molecule has 2 aliphatic heterocycles. The average molecular weight is 855 g/mol. The summed E-state index contributed by atoms with van der Waals surface area (Å²) in [6.45, 7) is 18.5. The molecule has 0 aliphatic carbocycles. The fraction of sp³-hybridized carbons (Fsp3) is 0.213. The predicted molar refractivity (Wildman–Crippen MR) is 288 cm³/mol. The molecule has 0 atom stereocenters. The van der Waals surface area contributed by atoms with E-state index < -0.39 is 0 Å². The number of aromatic nitrogens is 2. The molecule has 2 aliphatic rings. The molecule has 7 rings (SSSR count). The largest absolute Gasteiger partial charge is 0.342 e. The van der Waals surface area contributed by atoms with Gasteiger partial charge >= 0.3 is 0 Å². The zero-order valence-electron chi connectivity index (χ0n) is 39.4. The second-order valence-corrected chi connectivity index (χ2v) is 16.5. The van der Waals surface area contributed by atoms with Gasteiger partial charge in [-0.25, -0.2) is 0 Å². The van der Waals surface area contributed by atoms with Crippen LogP contribution in [-0.4, -0.2) is 15.7 Å². The maximum atomic E-state index is 4.01. The third kappa shape index (κ3) is 10.2. The molecule has 0 unspecified atom stereocenters. The normalized spacial score (nSPS) is 16.5. The molecule has 0 N–H and O–H groups in total. The van der Waals surface area contributed by atoms with Crippen molar-refractivity contribution >= 4 is 62.3 Å². The van der Waals surface area contributed by atoms with E-state index in [0.717, 1.165) is 61.3 Å². The lowest BCUT2D eigenvalue weighted by Gasteiger charge is -2.29. The van der Waals surface area contributed by atoms with Crippen LogP contribution in [0.15, 0.2) is 195 Å². The maximum Gasteiger partial charge on any atom is 0.0777 e. The molecule has 4 nitrogen and oxygen atoms in total. The van der Waals surface area contributed by atoms with Crippen LogP contribution >= 0.6 is 0 Å². The lowest BCUT2D eigenvalue weighted by molar-refractivity contribution is 0.866. The number of nitrogens with zero attached hydrogens (tertiary/aromatic N) is 4. The SMILES string of the molecule is C=C/C=C\c1cn(/C(C)=C/C=C(\C=C\CC)N2Cc3c(c4ccccc4n3C(/C=C\C)=C/C)/C=C\Cc3ccccc32)c2c3c(ccc12)/C(=C/C=C\CCC)CN3/C=C/C/C=C\C=C/C. The lowest BCUT2D eigenvalue weighted by atomic mass is 10.0. The Hall–Kier alpha value is -7.04.